The van der Waals surface area contributed by atoms with Gasteiger partial charge in [-0.25, -0.2) is 10.5 Å². The fraction of sp³-hybridized carbons (Fsp3) is 0.483. The average molecular weight is 1220 g/mol. The second kappa shape index (κ2) is 44.4. The number of aromatic hydroxyl groups is 4. The molecular formula is C58H86Cu2N6O10S2. The number of fused-ring (bicyclic) bond motifs is 4. The molecule has 4 aliphatic carbocycles. The van der Waals surface area contributed by atoms with Crippen LogP contribution in [0.1, 0.15) is 173 Å². The van der Waals surface area contributed by atoms with Crippen molar-refractivity contribution in [3.8, 4) is 23.0 Å². The third kappa shape index (κ3) is 22.3. The molecule has 2 radical (unpaired) electrons. The Bertz CT molecular complexity index is 2390. The summed E-state index contributed by atoms with van der Waals surface area (Å²) < 4.78 is 9.13. The largest absolute Gasteiger partial charge is 0.505 e. The molecule has 0 aromatic heterocycles. The maximum Gasteiger partial charge on any atom is 0.147 e. The molecular weight excluding hydrogens is 1130 g/mol. The Balaban J connectivity index is 0. The summed E-state index contributed by atoms with van der Waals surface area (Å²) in [4.78, 5) is 0.960. The Morgan fingerprint density at radius 3 is 1.05 bits per heavy atom. The van der Waals surface area contributed by atoms with Crippen molar-refractivity contribution in [2.45, 2.75) is 189 Å². The first-order valence-electron chi connectivity index (χ1n) is 26.7. The second-order valence-electron chi connectivity index (χ2n) is 15.9. The van der Waals surface area contributed by atoms with E-state index in [0.29, 0.717) is 21.2 Å². The van der Waals surface area contributed by atoms with E-state index in [1.165, 1.54) is 0 Å². The number of nitrogens with zero attached hydrogens (tertiary/aromatic N) is 6. The van der Waals surface area contributed by atoms with Crippen molar-refractivity contribution >= 4 is 52.5 Å². The summed E-state index contributed by atoms with van der Waals surface area (Å²) in [5, 5.41) is 91.4. The van der Waals surface area contributed by atoms with Crippen LogP contribution in [0.4, 0.5) is 28.4 Å². The minimum Gasteiger partial charge on any atom is -0.505 e. The van der Waals surface area contributed by atoms with Crippen molar-refractivity contribution in [2.75, 3.05) is 7.05 Å². The van der Waals surface area contributed by atoms with Crippen LogP contribution in [-0.2, 0) is 104 Å². The number of phenols is 4. The summed E-state index contributed by atoms with van der Waals surface area (Å²) >= 11 is 1.50. The standard InChI is InChI=1S/2C20H22N2O5S.C7H8N2.5C2H6.CH4.2Cu/c2*23-19-14-7-3-1-5-12(14)9-10-16(19)21-22-18-17(28-27-26-25)11-13-6-2-4-8-15(13)20(18)24;1-8-9-7-5-3-2-4-6-7;5*1-2;;;/h2*9-11,23-25H,1-8H2;2-6H,1H3;5*1-2H3;1H4;;. The monoisotopic (exact) mass is 1220 g/mol. The first-order valence-corrected chi connectivity index (χ1v) is 28.2. The van der Waals surface area contributed by atoms with E-state index in [1.807, 2.05) is 124 Å². The van der Waals surface area contributed by atoms with E-state index in [4.69, 9.17) is 10.5 Å². The molecule has 0 saturated carbocycles. The van der Waals surface area contributed by atoms with Gasteiger partial charge in [0.2, 0.25) is 0 Å². The van der Waals surface area contributed by atoms with Gasteiger partial charge in [-0.1, -0.05) is 117 Å². The van der Waals surface area contributed by atoms with E-state index in [-0.39, 0.29) is 75.9 Å². The van der Waals surface area contributed by atoms with E-state index in [0.717, 1.165) is 177 Å². The normalized spacial score (nSPS) is 13.2. The molecule has 0 heterocycles. The molecule has 0 aliphatic heterocycles. The van der Waals surface area contributed by atoms with Crippen LogP contribution in [0.5, 0.6) is 23.0 Å². The van der Waals surface area contributed by atoms with Crippen LogP contribution in [0.15, 0.2) is 107 Å². The number of benzene rings is 5. The van der Waals surface area contributed by atoms with Crippen molar-refractivity contribution in [3.63, 3.8) is 0 Å². The number of hydrogen-bond acceptors (Lipinski definition) is 18. The fourth-order valence-electron chi connectivity index (χ4n) is 8.68. The van der Waals surface area contributed by atoms with Gasteiger partial charge >= 0.3 is 0 Å². The van der Waals surface area contributed by atoms with Gasteiger partial charge in [-0.15, -0.1) is 29.1 Å². The van der Waals surface area contributed by atoms with Gasteiger partial charge < -0.3 is 20.4 Å². The van der Waals surface area contributed by atoms with Gasteiger partial charge in [-0.2, -0.15) is 10.2 Å². The van der Waals surface area contributed by atoms with Crippen molar-refractivity contribution in [1.29, 1.82) is 0 Å². The Morgan fingerprint density at radius 2 is 0.718 bits per heavy atom. The molecule has 0 fully saturated rings. The van der Waals surface area contributed by atoms with Crippen LogP contribution in [0.2, 0.25) is 0 Å². The van der Waals surface area contributed by atoms with Crippen molar-refractivity contribution in [3.05, 3.63) is 111 Å². The number of azo groups is 3. The SMILES string of the molecule is C.CC.CC.CC.CC.CC.CN=Nc1ccccc1.OOOSc1cc2c(c(O)c1N=Nc1ccc3c(c1O)CCCC3)CCCC2.OOOSc1cc2c(c(O)c1N=Nc1ccc3c(c1O)CCCC3)CCCC2.[Cu].[Cu]. The van der Waals surface area contributed by atoms with E-state index >= 15 is 0 Å². The van der Waals surface area contributed by atoms with Crippen LogP contribution < -0.4 is 0 Å². The summed E-state index contributed by atoms with van der Waals surface area (Å²) in [6.45, 7) is 20.0. The van der Waals surface area contributed by atoms with E-state index in [2.05, 4.69) is 49.4 Å². The molecule has 442 valence electrons. The number of phenolic OH excluding ortho intramolecular Hbond substituents is 4. The smallest absolute Gasteiger partial charge is 0.147 e. The Labute approximate surface area is 494 Å². The second-order valence-corrected chi connectivity index (χ2v) is 17.4. The van der Waals surface area contributed by atoms with Gasteiger partial charge in [-0.3, -0.25) is 0 Å². The summed E-state index contributed by atoms with van der Waals surface area (Å²) in [7, 11) is 1.66. The molecule has 4 aliphatic rings. The Morgan fingerprint density at radius 1 is 0.397 bits per heavy atom. The topological polar surface area (TPSA) is 232 Å². The van der Waals surface area contributed by atoms with Gasteiger partial charge in [0.25, 0.3) is 0 Å². The maximum atomic E-state index is 10.8. The molecule has 5 aromatic carbocycles. The Kier molecular flexibility index (Phi) is 43.0. The van der Waals surface area contributed by atoms with Crippen molar-refractivity contribution in [1.82, 2.24) is 0 Å². The first kappa shape index (κ1) is 75.7. The summed E-state index contributed by atoms with van der Waals surface area (Å²) in [6.07, 6.45) is 15.3. The van der Waals surface area contributed by atoms with Gasteiger partial charge in [-0.05, 0) is 184 Å². The van der Waals surface area contributed by atoms with Gasteiger partial charge in [0, 0.05) is 41.2 Å². The zero-order valence-electron chi connectivity index (χ0n) is 46.6. The molecule has 5 aromatic rings. The van der Waals surface area contributed by atoms with Crippen LogP contribution >= 0.6 is 24.1 Å². The van der Waals surface area contributed by atoms with Crippen molar-refractivity contribution < 1.29 is 83.8 Å². The van der Waals surface area contributed by atoms with Gasteiger partial charge in [0.15, 0.2) is 0 Å². The first-order chi connectivity index (χ1) is 36.8. The van der Waals surface area contributed by atoms with Crippen LogP contribution in [0, 0.1) is 0 Å². The van der Waals surface area contributed by atoms with Gasteiger partial charge in [0.05, 0.1) is 39.6 Å². The number of aryl methyl sites for hydroxylation is 4. The molecule has 20 heteroatoms. The minimum atomic E-state index is 0. The molecule has 0 bridgehead atoms. The summed E-state index contributed by atoms with van der Waals surface area (Å²) in [5.41, 5.74) is 10.1. The third-order valence-corrected chi connectivity index (χ3v) is 13.1. The van der Waals surface area contributed by atoms with E-state index < -0.39 is 0 Å². The molecule has 9 rings (SSSR count). The van der Waals surface area contributed by atoms with Crippen LogP contribution in [0.3, 0.4) is 0 Å². The van der Waals surface area contributed by atoms with Crippen molar-refractivity contribution in [2.24, 2.45) is 30.7 Å². The molecule has 0 amide bonds. The molecule has 16 nitrogen and oxygen atoms in total. The molecule has 0 saturated heterocycles. The zero-order chi connectivity index (χ0) is 55.5. The quantitative estimate of drug-likeness (QED) is 0.0238. The third-order valence-electron chi connectivity index (χ3n) is 11.9. The fourth-order valence-corrected chi connectivity index (χ4v) is 9.71. The molecule has 78 heavy (non-hydrogen) atoms. The van der Waals surface area contributed by atoms with Crippen LogP contribution in [-0.4, -0.2) is 38.0 Å². The minimum absolute atomic E-state index is 0. The average Bonchev–Trinajstić information content (AvgIpc) is 3.48. The van der Waals surface area contributed by atoms with E-state index in [9.17, 15) is 20.4 Å². The molecule has 0 spiro atoms. The van der Waals surface area contributed by atoms with E-state index in [1.54, 1.807) is 19.2 Å². The predicted octanol–water partition coefficient (Wildman–Crippen LogP) is 19.6. The predicted molar refractivity (Wildman–Crippen MR) is 309 cm³/mol. The van der Waals surface area contributed by atoms with Crippen LogP contribution in [0.25, 0.3) is 0 Å². The zero-order valence-corrected chi connectivity index (χ0v) is 50.1. The molecule has 0 atom stereocenters. The number of rotatable bonds is 11. The molecule has 6 N–H and O–H groups in total. The molecule has 0 unspecified atom stereocenters. The summed E-state index contributed by atoms with van der Waals surface area (Å²) in [5.74, 6) is 0.426. The maximum absolute atomic E-state index is 10.8. The number of hydrogen-bond donors (Lipinski definition) is 6. The Hall–Kier alpha value is -4.40. The summed E-state index contributed by atoms with van der Waals surface area (Å²) in [6, 6.07) is 20.8. The van der Waals surface area contributed by atoms with Gasteiger partial charge in [0.1, 0.15) is 45.7 Å².